The van der Waals surface area contributed by atoms with Gasteiger partial charge in [-0.25, -0.2) is 0 Å². The molecule has 1 aromatic heterocycles. The van der Waals surface area contributed by atoms with Gasteiger partial charge in [0, 0.05) is 25.3 Å². The van der Waals surface area contributed by atoms with Crippen molar-refractivity contribution < 1.29 is 0 Å². The highest BCUT2D eigenvalue weighted by Crippen LogP contribution is 2.16. The third kappa shape index (κ3) is 2.95. The zero-order chi connectivity index (χ0) is 11.4. The largest absolute Gasteiger partial charge is 0.370 e. The summed E-state index contributed by atoms with van der Waals surface area (Å²) in [5.41, 5.74) is 1.25. The Hall–Kier alpha value is -1.09. The van der Waals surface area contributed by atoms with Crippen molar-refractivity contribution in [1.82, 2.24) is 10.3 Å². The lowest BCUT2D eigenvalue weighted by Gasteiger charge is -2.32. The molecule has 1 aromatic rings. The maximum absolute atomic E-state index is 4.20. The molecule has 2 rings (SSSR count). The first kappa shape index (κ1) is 11.4. The van der Waals surface area contributed by atoms with E-state index in [4.69, 9.17) is 0 Å². The molecule has 1 fully saturated rings. The Morgan fingerprint density at radius 2 is 2.31 bits per heavy atom. The molecule has 1 aliphatic heterocycles. The monoisotopic (exact) mass is 219 g/mol. The molecule has 0 spiro atoms. The fourth-order valence-electron chi connectivity index (χ4n) is 2.16. The van der Waals surface area contributed by atoms with Crippen LogP contribution in [-0.2, 0) is 0 Å². The Kier molecular flexibility index (Phi) is 3.78. The first-order valence-corrected chi connectivity index (χ1v) is 6.14. The highest BCUT2D eigenvalue weighted by Gasteiger charge is 2.16. The minimum absolute atomic E-state index is 0.613. The van der Waals surface area contributed by atoms with Crippen molar-refractivity contribution in [3.63, 3.8) is 0 Å². The van der Waals surface area contributed by atoms with Gasteiger partial charge >= 0.3 is 0 Å². The zero-order valence-electron chi connectivity index (χ0n) is 10.2. The molecule has 0 bridgehead atoms. The SMILES string of the molecule is CC1CNC(C)CCN(c2cccnc2)C1. The van der Waals surface area contributed by atoms with Crippen molar-refractivity contribution >= 4 is 5.69 Å². The molecule has 3 heteroatoms. The highest BCUT2D eigenvalue weighted by atomic mass is 15.1. The fraction of sp³-hybridized carbons (Fsp3) is 0.615. The summed E-state index contributed by atoms with van der Waals surface area (Å²) in [6.07, 6.45) is 5.00. The van der Waals surface area contributed by atoms with E-state index in [1.54, 1.807) is 0 Å². The van der Waals surface area contributed by atoms with Gasteiger partial charge in [-0.3, -0.25) is 4.98 Å². The summed E-state index contributed by atoms with van der Waals surface area (Å²) in [6, 6.07) is 4.78. The first-order chi connectivity index (χ1) is 7.75. The minimum Gasteiger partial charge on any atom is -0.370 e. The van der Waals surface area contributed by atoms with E-state index < -0.39 is 0 Å². The van der Waals surface area contributed by atoms with Crippen LogP contribution in [0, 0.1) is 5.92 Å². The van der Waals surface area contributed by atoms with Crippen LogP contribution in [0.3, 0.4) is 0 Å². The van der Waals surface area contributed by atoms with Crippen molar-refractivity contribution in [2.24, 2.45) is 5.92 Å². The van der Waals surface area contributed by atoms with Crippen molar-refractivity contribution in [2.45, 2.75) is 26.3 Å². The quantitative estimate of drug-likeness (QED) is 0.782. The molecule has 1 N–H and O–H groups in total. The van der Waals surface area contributed by atoms with E-state index >= 15 is 0 Å². The first-order valence-electron chi connectivity index (χ1n) is 6.14. The van der Waals surface area contributed by atoms with Gasteiger partial charge in [0.15, 0.2) is 0 Å². The van der Waals surface area contributed by atoms with Crippen molar-refractivity contribution in [1.29, 1.82) is 0 Å². The average molecular weight is 219 g/mol. The summed E-state index contributed by atoms with van der Waals surface area (Å²) in [7, 11) is 0. The third-order valence-electron chi connectivity index (χ3n) is 3.19. The summed E-state index contributed by atoms with van der Waals surface area (Å²) in [4.78, 5) is 6.65. The summed E-state index contributed by atoms with van der Waals surface area (Å²) in [6.45, 7) is 7.90. The van der Waals surface area contributed by atoms with Crippen LogP contribution in [0.25, 0.3) is 0 Å². The van der Waals surface area contributed by atoms with Gasteiger partial charge in [-0.15, -0.1) is 0 Å². The average Bonchev–Trinajstić information content (AvgIpc) is 2.31. The van der Waals surface area contributed by atoms with Crippen LogP contribution in [0.15, 0.2) is 24.5 Å². The number of anilines is 1. The van der Waals surface area contributed by atoms with Crippen LogP contribution < -0.4 is 10.2 Å². The summed E-state index contributed by atoms with van der Waals surface area (Å²) in [5.74, 6) is 0.683. The number of rotatable bonds is 1. The minimum atomic E-state index is 0.613. The van der Waals surface area contributed by atoms with Crippen LogP contribution in [0.5, 0.6) is 0 Å². The van der Waals surface area contributed by atoms with Gasteiger partial charge in [-0.1, -0.05) is 6.92 Å². The molecule has 16 heavy (non-hydrogen) atoms. The molecule has 88 valence electrons. The smallest absolute Gasteiger partial charge is 0.0552 e. The topological polar surface area (TPSA) is 28.2 Å². The summed E-state index contributed by atoms with van der Waals surface area (Å²) >= 11 is 0. The maximum Gasteiger partial charge on any atom is 0.0552 e. The van der Waals surface area contributed by atoms with E-state index in [-0.39, 0.29) is 0 Å². The van der Waals surface area contributed by atoms with Gasteiger partial charge < -0.3 is 10.2 Å². The molecule has 0 amide bonds. The van der Waals surface area contributed by atoms with Crippen molar-refractivity contribution in [2.75, 3.05) is 24.5 Å². The fourth-order valence-corrected chi connectivity index (χ4v) is 2.16. The number of pyridine rings is 1. The van der Waals surface area contributed by atoms with E-state index in [0.29, 0.717) is 12.0 Å². The molecule has 0 aliphatic carbocycles. The standard InChI is InChI=1S/C13H21N3/c1-11-8-15-12(2)5-7-16(10-11)13-4-3-6-14-9-13/h3-4,6,9,11-12,15H,5,7-8,10H2,1-2H3. The Bertz CT molecular complexity index is 312. The molecule has 0 saturated carbocycles. The molecule has 0 aromatic carbocycles. The number of nitrogens with zero attached hydrogens (tertiary/aromatic N) is 2. The Morgan fingerprint density at radius 3 is 3.06 bits per heavy atom. The third-order valence-corrected chi connectivity index (χ3v) is 3.19. The molecule has 1 saturated heterocycles. The van der Waals surface area contributed by atoms with Crippen LogP contribution >= 0.6 is 0 Å². The summed E-state index contributed by atoms with van der Waals surface area (Å²) < 4.78 is 0. The number of hydrogen-bond acceptors (Lipinski definition) is 3. The van der Waals surface area contributed by atoms with Gasteiger partial charge in [-0.05, 0) is 37.9 Å². The number of nitrogens with one attached hydrogen (secondary N) is 1. The van der Waals surface area contributed by atoms with E-state index in [9.17, 15) is 0 Å². The molecule has 2 unspecified atom stereocenters. The molecule has 3 nitrogen and oxygen atoms in total. The molecular weight excluding hydrogens is 198 g/mol. The highest BCUT2D eigenvalue weighted by molar-refractivity contribution is 5.43. The summed E-state index contributed by atoms with van der Waals surface area (Å²) in [5, 5.41) is 3.56. The second kappa shape index (κ2) is 5.30. The molecular formula is C13H21N3. The lowest BCUT2D eigenvalue weighted by molar-refractivity contribution is 0.411. The van der Waals surface area contributed by atoms with Gasteiger partial charge in [0.25, 0.3) is 0 Å². The van der Waals surface area contributed by atoms with Gasteiger partial charge in [0.05, 0.1) is 11.9 Å². The van der Waals surface area contributed by atoms with Crippen LogP contribution in [-0.4, -0.2) is 30.7 Å². The van der Waals surface area contributed by atoms with E-state index in [1.807, 2.05) is 18.5 Å². The van der Waals surface area contributed by atoms with E-state index in [2.05, 4.69) is 35.1 Å². The molecule has 2 heterocycles. The Labute approximate surface area is 97.9 Å². The second-order valence-corrected chi connectivity index (χ2v) is 4.86. The lowest BCUT2D eigenvalue weighted by atomic mass is 10.1. The normalized spacial score (nSPS) is 27.2. The number of aromatic nitrogens is 1. The molecule has 0 radical (unpaired) electrons. The van der Waals surface area contributed by atoms with Crippen molar-refractivity contribution in [3.05, 3.63) is 24.5 Å². The van der Waals surface area contributed by atoms with Crippen LogP contribution in [0.1, 0.15) is 20.3 Å². The Balaban J connectivity index is 2.07. The zero-order valence-corrected chi connectivity index (χ0v) is 10.2. The van der Waals surface area contributed by atoms with Gasteiger partial charge in [0.1, 0.15) is 0 Å². The second-order valence-electron chi connectivity index (χ2n) is 4.86. The van der Waals surface area contributed by atoms with Gasteiger partial charge in [-0.2, -0.15) is 0 Å². The molecule has 1 aliphatic rings. The van der Waals surface area contributed by atoms with E-state index in [1.165, 1.54) is 12.1 Å². The van der Waals surface area contributed by atoms with Crippen LogP contribution in [0.2, 0.25) is 0 Å². The Morgan fingerprint density at radius 1 is 1.44 bits per heavy atom. The number of hydrogen-bond donors (Lipinski definition) is 1. The van der Waals surface area contributed by atoms with Crippen LogP contribution in [0.4, 0.5) is 5.69 Å². The predicted octanol–water partition coefficient (Wildman–Crippen LogP) is 1.91. The van der Waals surface area contributed by atoms with Gasteiger partial charge in [0.2, 0.25) is 0 Å². The van der Waals surface area contributed by atoms with Crippen molar-refractivity contribution in [3.8, 4) is 0 Å². The maximum atomic E-state index is 4.20. The molecule has 2 atom stereocenters. The predicted molar refractivity (Wildman–Crippen MR) is 67.7 cm³/mol. The van der Waals surface area contributed by atoms with E-state index in [0.717, 1.165) is 19.6 Å². The lowest BCUT2D eigenvalue weighted by Crippen LogP contribution is -2.42.